The monoisotopic (exact) mass is 477 g/mol. The molecular formula is C19H10F7N3O4. The fraction of sp³-hybridized carbons (Fsp3) is 0.105. The zero-order chi connectivity index (χ0) is 24.4. The summed E-state index contributed by atoms with van der Waals surface area (Å²) >= 11 is 0. The van der Waals surface area contributed by atoms with Crippen LogP contribution in [0.5, 0.6) is 17.2 Å². The van der Waals surface area contributed by atoms with E-state index in [9.17, 15) is 40.7 Å². The van der Waals surface area contributed by atoms with Crippen LogP contribution in [0.4, 0.5) is 36.4 Å². The van der Waals surface area contributed by atoms with Gasteiger partial charge in [-0.25, -0.2) is 4.39 Å². The number of nitrogens with zero attached hydrogens (tertiary/aromatic N) is 2. The van der Waals surface area contributed by atoms with Crippen LogP contribution in [0.15, 0.2) is 54.9 Å². The fourth-order valence-corrected chi connectivity index (χ4v) is 2.52. The number of amides is 1. The number of aromatic nitrogens is 2. The van der Waals surface area contributed by atoms with Gasteiger partial charge in [-0.2, -0.15) is 13.2 Å². The SMILES string of the molecule is O=C(Nc1ccn[n+]([O-])c1)c1c(F)cc(C(F)(F)F)cc1Oc1ccc(OC(F)(F)F)cc1. The molecule has 0 saturated carbocycles. The Hall–Kier alpha value is -4.10. The maximum absolute atomic E-state index is 14.6. The summed E-state index contributed by atoms with van der Waals surface area (Å²) in [6, 6.07) is 5.00. The smallest absolute Gasteiger partial charge is 0.573 e. The van der Waals surface area contributed by atoms with Crippen molar-refractivity contribution in [3.63, 3.8) is 0 Å². The van der Waals surface area contributed by atoms with Gasteiger partial charge in [0.25, 0.3) is 5.91 Å². The topological polar surface area (TPSA) is 87.4 Å². The lowest BCUT2D eigenvalue weighted by Crippen LogP contribution is -2.30. The molecule has 0 spiro atoms. The molecule has 3 rings (SSSR count). The lowest BCUT2D eigenvalue weighted by molar-refractivity contribution is -0.668. The predicted octanol–water partition coefficient (Wildman–Crippen LogP) is 4.82. The molecule has 3 aromatic rings. The Bertz CT molecular complexity index is 1170. The third-order valence-corrected chi connectivity index (χ3v) is 3.84. The van der Waals surface area contributed by atoms with Gasteiger partial charge in [0.2, 0.25) is 6.20 Å². The molecule has 0 fully saturated rings. The first-order valence-corrected chi connectivity index (χ1v) is 8.63. The van der Waals surface area contributed by atoms with E-state index < -0.39 is 46.9 Å². The Morgan fingerprint density at radius 2 is 1.64 bits per heavy atom. The van der Waals surface area contributed by atoms with Gasteiger partial charge in [-0.05, 0) is 42.5 Å². The highest BCUT2D eigenvalue weighted by atomic mass is 19.4. The number of carbonyl (C=O) groups excluding carboxylic acids is 1. The molecule has 174 valence electrons. The van der Waals surface area contributed by atoms with Crippen molar-refractivity contribution in [1.82, 2.24) is 5.10 Å². The molecule has 1 N–H and O–H groups in total. The summed E-state index contributed by atoms with van der Waals surface area (Å²) in [4.78, 5) is 12.6. The molecular weight excluding hydrogens is 467 g/mol. The molecule has 1 heterocycles. The van der Waals surface area contributed by atoms with Gasteiger partial charge < -0.3 is 20.0 Å². The Labute approximate surface area is 179 Å². The maximum atomic E-state index is 14.6. The molecule has 0 radical (unpaired) electrons. The van der Waals surface area contributed by atoms with Gasteiger partial charge in [-0.15, -0.1) is 13.2 Å². The van der Waals surface area contributed by atoms with Crippen LogP contribution in [-0.4, -0.2) is 17.4 Å². The first-order valence-electron chi connectivity index (χ1n) is 8.63. The Kier molecular flexibility index (Phi) is 6.28. The average Bonchev–Trinajstić information content (AvgIpc) is 2.67. The molecule has 0 atom stereocenters. The minimum Gasteiger partial charge on any atom is -0.594 e. The largest absolute Gasteiger partial charge is 0.594 e. The third-order valence-electron chi connectivity index (χ3n) is 3.84. The van der Waals surface area contributed by atoms with Gasteiger partial charge in [0, 0.05) is 5.10 Å². The Balaban J connectivity index is 1.97. The van der Waals surface area contributed by atoms with Crippen LogP contribution < -0.4 is 19.6 Å². The van der Waals surface area contributed by atoms with Crippen LogP contribution in [0.25, 0.3) is 0 Å². The molecule has 1 amide bonds. The average molecular weight is 477 g/mol. The first kappa shape index (κ1) is 23.6. The van der Waals surface area contributed by atoms with E-state index in [4.69, 9.17) is 4.74 Å². The van der Waals surface area contributed by atoms with E-state index in [1.807, 2.05) is 0 Å². The molecule has 0 bridgehead atoms. The van der Waals surface area contributed by atoms with E-state index in [2.05, 4.69) is 15.2 Å². The number of ether oxygens (including phenoxy) is 2. The molecule has 1 aromatic heterocycles. The van der Waals surface area contributed by atoms with Crippen molar-refractivity contribution in [3.8, 4) is 17.2 Å². The number of rotatable bonds is 5. The number of halogens is 7. The van der Waals surface area contributed by atoms with Gasteiger partial charge in [-0.3, -0.25) is 4.79 Å². The van der Waals surface area contributed by atoms with Crippen LogP contribution >= 0.6 is 0 Å². The molecule has 33 heavy (non-hydrogen) atoms. The maximum Gasteiger partial charge on any atom is 0.573 e. The minimum absolute atomic E-state index is 0.0701. The third kappa shape index (κ3) is 6.21. The zero-order valence-corrected chi connectivity index (χ0v) is 15.9. The predicted molar refractivity (Wildman–Crippen MR) is 95.8 cm³/mol. The number of alkyl halides is 6. The van der Waals surface area contributed by atoms with E-state index >= 15 is 0 Å². The summed E-state index contributed by atoms with van der Waals surface area (Å²) in [5.74, 6) is -4.71. The molecule has 0 unspecified atom stereocenters. The quantitative estimate of drug-likeness (QED) is 0.324. The lowest BCUT2D eigenvalue weighted by Gasteiger charge is -2.16. The highest BCUT2D eigenvalue weighted by Crippen LogP contribution is 2.37. The second-order valence-corrected chi connectivity index (χ2v) is 6.22. The second kappa shape index (κ2) is 8.80. The van der Waals surface area contributed by atoms with E-state index in [1.165, 1.54) is 0 Å². The fourth-order valence-electron chi connectivity index (χ4n) is 2.52. The van der Waals surface area contributed by atoms with Crippen LogP contribution in [0.2, 0.25) is 0 Å². The van der Waals surface area contributed by atoms with E-state index in [0.717, 1.165) is 42.7 Å². The summed E-state index contributed by atoms with van der Waals surface area (Å²) in [6.45, 7) is 0. The number of hydrogen-bond donors (Lipinski definition) is 1. The van der Waals surface area contributed by atoms with Crippen LogP contribution in [0.1, 0.15) is 15.9 Å². The molecule has 0 aliphatic carbocycles. The minimum atomic E-state index is -5.00. The molecule has 0 aliphatic heterocycles. The van der Waals surface area contributed by atoms with Gasteiger partial charge in [0.15, 0.2) is 0 Å². The number of anilines is 1. The van der Waals surface area contributed by atoms with Crippen molar-refractivity contribution in [1.29, 1.82) is 0 Å². The van der Waals surface area contributed by atoms with Gasteiger partial charge >= 0.3 is 12.5 Å². The highest BCUT2D eigenvalue weighted by molar-refractivity contribution is 6.06. The first-order chi connectivity index (χ1) is 15.3. The van der Waals surface area contributed by atoms with Crippen LogP contribution in [0, 0.1) is 11.0 Å². The number of benzene rings is 2. The zero-order valence-electron chi connectivity index (χ0n) is 15.9. The second-order valence-electron chi connectivity index (χ2n) is 6.22. The van der Waals surface area contributed by atoms with E-state index in [0.29, 0.717) is 6.07 Å². The molecule has 14 heteroatoms. The van der Waals surface area contributed by atoms with Crippen molar-refractivity contribution in [3.05, 3.63) is 77.0 Å². The van der Waals surface area contributed by atoms with Crippen molar-refractivity contribution >= 4 is 11.6 Å². The number of nitrogens with one attached hydrogen (secondary N) is 1. The highest BCUT2D eigenvalue weighted by Gasteiger charge is 2.34. The van der Waals surface area contributed by atoms with Crippen molar-refractivity contribution in [2.75, 3.05) is 5.32 Å². The number of carbonyl (C=O) groups is 1. The van der Waals surface area contributed by atoms with Crippen molar-refractivity contribution in [2.24, 2.45) is 0 Å². The summed E-state index contributed by atoms with van der Waals surface area (Å²) in [7, 11) is 0. The number of hydrogen-bond acceptors (Lipinski definition) is 5. The van der Waals surface area contributed by atoms with Crippen molar-refractivity contribution < 1.29 is 49.8 Å². The summed E-state index contributed by atoms with van der Waals surface area (Å²) in [5.41, 5.74) is -2.58. The lowest BCUT2D eigenvalue weighted by atomic mass is 10.1. The summed E-state index contributed by atoms with van der Waals surface area (Å²) in [5, 5.41) is 16.6. The van der Waals surface area contributed by atoms with Crippen LogP contribution in [0.3, 0.4) is 0 Å². The standard InChI is InChI=1S/C19H10F7N3O4/c20-14-7-10(18(21,22)23)8-15(16(14)17(30)28-11-5-6-27-29(31)9-11)32-12-1-3-13(4-2-12)33-19(24,25)26/h1-9H,(H,28,30). The van der Waals surface area contributed by atoms with Gasteiger partial charge in [0.1, 0.15) is 34.3 Å². The molecule has 0 aliphatic rings. The van der Waals surface area contributed by atoms with E-state index in [1.54, 1.807) is 0 Å². The Morgan fingerprint density at radius 3 is 2.21 bits per heavy atom. The van der Waals surface area contributed by atoms with E-state index in [-0.39, 0.29) is 22.3 Å². The molecule has 0 saturated heterocycles. The molecule has 2 aromatic carbocycles. The summed E-state index contributed by atoms with van der Waals surface area (Å²) in [6.07, 6.45) is -8.17. The Morgan fingerprint density at radius 1 is 1.00 bits per heavy atom. The normalized spacial score (nSPS) is 11.7. The van der Waals surface area contributed by atoms with Crippen LogP contribution in [-0.2, 0) is 6.18 Å². The summed E-state index contributed by atoms with van der Waals surface area (Å²) < 4.78 is 99.6. The van der Waals surface area contributed by atoms with Gasteiger partial charge in [-0.1, -0.05) is 4.85 Å². The van der Waals surface area contributed by atoms with Gasteiger partial charge in [0.05, 0.1) is 11.8 Å². The molecule has 7 nitrogen and oxygen atoms in total. The van der Waals surface area contributed by atoms with Crippen molar-refractivity contribution in [2.45, 2.75) is 12.5 Å².